The number of aromatic nitrogens is 4. The van der Waals surface area contributed by atoms with E-state index in [-0.39, 0.29) is 18.4 Å². The molecule has 1 aliphatic heterocycles. The highest BCUT2D eigenvalue weighted by molar-refractivity contribution is 5.68. The van der Waals surface area contributed by atoms with Crippen LogP contribution in [0.1, 0.15) is 51.3 Å². The minimum absolute atomic E-state index is 0.0433. The molecular formula is C28H37FN6O4. The molecule has 1 fully saturated rings. The van der Waals surface area contributed by atoms with Gasteiger partial charge < -0.3 is 19.5 Å². The zero-order valence-electron chi connectivity index (χ0n) is 23.0. The van der Waals surface area contributed by atoms with E-state index in [0.29, 0.717) is 44.0 Å². The zero-order valence-corrected chi connectivity index (χ0v) is 23.0. The number of amides is 1. The second-order valence-corrected chi connectivity index (χ2v) is 11.0. The molecule has 1 N–H and O–H groups in total. The van der Waals surface area contributed by atoms with Gasteiger partial charge in [0.2, 0.25) is 0 Å². The fourth-order valence-electron chi connectivity index (χ4n) is 4.79. The molecular weight excluding hydrogens is 503 g/mol. The number of alkyl carbamates (subject to hydrolysis) is 1. The van der Waals surface area contributed by atoms with Gasteiger partial charge in [-0.2, -0.15) is 0 Å². The number of hydrogen-bond donors (Lipinski definition) is 1. The van der Waals surface area contributed by atoms with Gasteiger partial charge in [-0.25, -0.2) is 19.0 Å². The lowest BCUT2D eigenvalue weighted by Crippen LogP contribution is -2.51. The summed E-state index contributed by atoms with van der Waals surface area (Å²) in [6.45, 7) is 9.59. The molecule has 3 aromatic rings. The molecule has 0 spiro atoms. The first-order valence-corrected chi connectivity index (χ1v) is 13.3. The number of halogens is 1. The van der Waals surface area contributed by atoms with Crippen molar-refractivity contribution in [3.05, 3.63) is 80.8 Å². The summed E-state index contributed by atoms with van der Waals surface area (Å²) >= 11 is 0. The third-order valence-electron chi connectivity index (χ3n) is 6.68. The Morgan fingerprint density at radius 1 is 1.15 bits per heavy atom. The van der Waals surface area contributed by atoms with Crippen molar-refractivity contribution in [2.45, 2.75) is 78.2 Å². The molecule has 0 radical (unpaired) electrons. The Balaban J connectivity index is 1.61. The van der Waals surface area contributed by atoms with E-state index in [0.717, 1.165) is 18.5 Å². The molecule has 10 nitrogen and oxygen atoms in total. The van der Waals surface area contributed by atoms with Crippen LogP contribution in [0.2, 0.25) is 0 Å². The number of nitrogens with zero attached hydrogens (tertiary/aromatic N) is 5. The Bertz CT molecular complexity index is 1400. The highest BCUT2D eigenvalue weighted by Gasteiger charge is 2.27. The maximum atomic E-state index is 13.7. The number of anilines is 1. The molecule has 210 valence electrons. The van der Waals surface area contributed by atoms with Crippen LogP contribution in [0.5, 0.6) is 0 Å². The Morgan fingerprint density at radius 2 is 1.90 bits per heavy atom. The van der Waals surface area contributed by atoms with Crippen molar-refractivity contribution in [3.63, 3.8) is 0 Å². The number of carbonyl (C=O) groups is 1. The van der Waals surface area contributed by atoms with Gasteiger partial charge in [0, 0.05) is 50.2 Å². The number of hydrogen-bond acceptors (Lipinski definition) is 6. The highest BCUT2D eigenvalue weighted by Crippen LogP contribution is 2.19. The lowest BCUT2D eigenvalue weighted by Gasteiger charge is -2.36. The number of rotatable bonds is 8. The summed E-state index contributed by atoms with van der Waals surface area (Å²) in [5.41, 5.74) is 0.218. The molecule has 1 amide bonds. The molecule has 11 heteroatoms. The Hall–Kier alpha value is -3.89. The molecule has 3 heterocycles. The summed E-state index contributed by atoms with van der Waals surface area (Å²) in [5, 5.41) is 2.93. The van der Waals surface area contributed by atoms with Crippen molar-refractivity contribution < 1.29 is 13.9 Å². The largest absolute Gasteiger partial charge is 0.444 e. The summed E-state index contributed by atoms with van der Waals surface area (Å²) < 4.78 is 23.6. The molecule has 4 rings (SSSR count). The minimum atomic E-state index is -0.610. The van der Waals surface area contributed by atoms with Crippen molar-refractivity contribution in [2.24, 2.45) is 0 Å². The number of carbonyl (C=O) groups excluding carboxylic acids is 1. The number of aryl methyl sites for hydroxylation is 2. The first-order chi connectivity index (χ1) is 18.5. The van der Waals surface area contributed by atoms with Gasteiger partial charge >= 0.3 is 11.8 Å². The summed E-state index contributed by atoms with van der Waals surface area (Å²) in [6.07, 6.45) is 5.24. The van der Waals surface area contributed by atoms with Gasteiger partial charge in [-0.05, 0) is 64.7 Å². The van der Waals surface area contributed by atoms with Crippen LogP contribution >= 0.6 is 0 Å². The maximum absolute atomic E-state index is 13.7. The number of piperidine rings is 1. The smallest absolute Gasteiger partial charge is 0.407 e. The van der Waals surface area contributed by atoms with Gasteiger partial charge in [0.25, 0.3) is 5.56 Å². The first kappa shape index (κ1) is 28.1. The number of ether oxygens (including phenoxy) is 1. The zero-order chi connectivity index (χ0) is 28.2. The lowest BCUT2D eigenvalue weighted by molar-refractivity contribution is 0.0500. The Kier molecular flexibility index (Phi) is 8.57. The average molecular weight is 541 g/mol. The van der Waals surface area contributed by atoms with Gasteiger partial charge in [0.15, 0.2) is 0 Å². The number of benzene rings is 1. The number of imidazole rings is 1. The summed E-state index contributed by atoms with van der Waals surface area (Å²) in [7, 11) is 0. The summed E-state index contributed by atoms with van der Waals surface area (Å²) in [5.74, 6) is 0.145. The van der Waals surface area contributed by atoms with Crippen LogP contribution in [0.15, 0.2) is 52.4 Å². The quantitative estimate of drug-likeness (QED) is 0.470. The summed E-state index contributed by atoms with van der Waals surface area (Å²) in [6, 6.07) is 7.06. The molecule has 0 unspecified atom stereocenters. The third kappa shape index (κ3) is 7.36. The van der Waals surface area contributed by atoms with Crippen molar-refractivity contribution in [3.8, 4) is 0 Å². The van der Waals surface area contributed by atoms with Gasteiger partial charge in [0.05, 0.1) is 12.9 Å². The molecule has 1 aliphatic rings. The molecule has 1 saturated heterocycles. The van der Waals surface area contributed by atoms with Crippen molar-refractivity contribution in [2.75, 3.05) is 18.0 Å². The lowest BCUT2D eigenvalue weighted by atomic mass is 10.1. The molecule has 1 atom stereocenters. The molecule has 2 aromatic heterocycles. The van der Waals surface area contributed by atoms with Crippen molar-refractivity contribution >= 4 is 11.9 Å². The highest BCUT2D eigenvalue weighted by atomic mass is 19.1. The van der Waals surface area contributed by atoms with E-state index in [1.54, 1.807) is 29.2 Å². The standard InChI is InChI=1S/C28H37FN6O4/c1-20-16-30-19-33(20)13-6-14-34-24(32-12-5-7-23(18-32)31-26(37)39-28(2,3)4)15-25(36)35(27(34)38)17-21-8-10-22(29)11-9-21/h8-11,15-16,19,23H,5-7,12-14,17-18H2,1-4H3,(H,31,37)/t23-/m1/s1. The predicted octanol–water partition coefficient (Wildman–Crippen LogP) is 3.29. The second kappa shape index (κ2) is 11.9. The van der Waals surface area contributed by atoms with E-state index in [4.69, 9.17) is 4.74 Å². The van der Waals surface area contributed by atoms with Crippen LogP contribution in [0.25, 0.3) is 0 Å². The van der Waals surface area contributed by atoms with E-state index in [1.165, 1.54) is 22.8 Å². The fraction of sp³-hybridized carbons (Fsp3) is 0.500. The molecule has 1 aromatic carbocycles. The molecule has 39 heavy (non-hydrogen) atoms. The monoisotopic (exact) mass is 540 g/mol. The Labute approximate surface area is 227 Å². The van der Waals surface area contributed by atoms with E-state index in [9.17, 15) is 18.8 Å². The minimum Gasteiger partial charge on any atom is -0.444 e. The van der Waals surface area contributed by atoms with Gasteiger partial charge in [-0.3, -0.25) is 13.9 Å². The fourth-order valence-corrected chi connectivity index (χ4v) is 4.79. The molecule has 0 aliphatic carbocycles. The van der Waals surface area contributed by atoms with Crippen LogP contribution in [-0.4, -0.2) is 49.5 Å². The van der Waals surface area contributed by atoms with Gasteiger partial charge in [-0.15, -0.1) is 0 Å². The normalized spacial score (nSPS) is 15.8. The molecule has 0 bridgehead atoms. The van der Waals surface area contributed by atoms with E-state index in [2.05, 4.69) is 10.3 Å². The average Bonchev–Trinajstić information content (AvgIpc) is 3.27. The van der Waals surface area contributed by atoms with Crippen LogP contribution in [0, 0.1) is 12.7 Å². The van der Waals surface area contributed by atoms with E-state index >= 15 is 0 Å². The summed E-state index contributed by atoms with van der Waals surface area (Å²) in [4.78, 5) is 45.4. The SMILES string of the molecule is Cc1cncn1CCCn1c(N2CCC[C@@H](NC(=O)OC(C)(C)C)C2)cc(=O)n(Cc2ccc(F)cc2)c1=O. The van der Waals surface area contributed by atoms with Crippen LogP contribution < -0.4 is 21.5 Å². The predicted molar refractivity (Wildman–Crippen MR) is 147 cm³/mol. The second-order valence-electron chi connectivity index (χ2n) is 11.0. The van der Waals surface area contributed by atoms with Gasteiger partial charge in [-0.1, -0.05) is 12.1 Å². The maximum Gasteiger partial charge on any atom is 0.407 e. The molecule has 0 saturated carbocycles. The third-order valence-corrected chi connectivity index (χ3v) is 6.68. The van der Waals surface area contributed by atoms with E-state index in [1.807, 2.05) is 37.2 Å². The Morgan fingerprint density at radius 3 is 2.56 bits per heavy atom. The first-order valence-electron chi connectivity index (χ1n) is 13.3. The topological polar surface area (TPSA) is 103 Å². The van der Waals surface area contributed by atoms with Gasteiger partial charge in [0.1, 0.15) is 17.2 Å². The van der Waals surface area contributed by atoms with Crippen LogP contribution in [0.4, 0.5) is 15.0 Å². The van der Waals surface area contributed by atoms with Crippen LogP contribution in [0.3, 0.4) is 0 Å². The number of nitrogens with one attached hydrogen (secondary N) is 1. The van der Waals surface area contributed by atoms with Crippen molar-refractivity contribution in [1.29, 1.82) is 0 Å². The van der Waals surface area contributed by atoms with Crippen LogP contribution in [-0.2, 0) is 24.4 Å². The van der Waals surface area contributed by atoms with E-state index < -0.39 is 22.9 Å². The van der Waals surface area contributed by atoms with Crippen molar-refractivity contribution in [1.82, 2.24) is 24.0 Å².